The summed E-state index contributed by atoms with van der Waals surface area (Å²) >= 11 is 0. The Bertz CT molecular complexity index is 1220. The van der Waals surface area contributed by atoms with Crippen LogP contribution in [0.4, 0.5) is 0 Å². The van der Waals surface area contributed by atoms with Crippen molar-refractivity contribution in [3.05, 3.63) is 75.8 Å². The summed E-state index contributed by atoms with van der Waals surface area (Å²) in [6.07, 6.45) is 5.93. The summed E-state index contributed by atoms with van der Waals surface area (Å²) < 4.78 is 11.7. The lowest BCUT2D eigenvalue weighted by Gasteiger charge is -2.47. The van der Waals surface area contributed by atoms with E-state index in [9.17, 15) is 19.7 Å². The number of hydrogen-bond acceptors (Lipinski definition) is 6. The molecule has 36 heavy (non-hydrogen) atoms. The van der Waals surface area contributed by atoms with E-state index in [1.54, 1.807) is 24.3 Å². The first-order valence-corrected chi connectivity index (χ1v) is 13.0. The second-order valence-electron chi connectivity index (χ2n) is 10.3. The molecule has 6 nitrogen and oxygen atoms in total. The van der Waals surface area contributed by atoms with Crippen molar-refractivity contribution in [1.82, 2.24) is 0 Å². The number of carbonyl (C=O) groups excluding carboxylic acids is 2. The highest BCUT2D eigenvalue weighted by Gasteiger charge is 2.52. The molecule has 188 valence electrons. The lowest BCUT2D eigenvalue weighted by Crippen LogP contribution is -2.50. The minimum absolute atomic E-state index is 0.0159. The Morgan fingerprint density at radius 1 is 1.08 bits per heavy atom. The molecule has 0 amide bonds. The van der Waals surface area contributed by atoms with Gasteiger partial charge in [-0.2, -0.15) is 0 Å². The maximum absolute atomic E-state index is 13.6. The standard InChI is InChI=1S/C29H33BO6/c1-3-6-18(14-19-10-11-20(16-31)35-19)9-12-25-26-17(2)13-23-27(24(26)15-30(34)36-25)29(33)22-8-5-4-7-21(22)28(23)32/h4-5,7-8,10-11,14,23-25,27,31,34H,3,6,9,12-13,15-16H2,1-2H3/b18-14+/t23-,24+,25-,27-/m1/s1. The molecule has 0 spiro atoms. The number of aliphatic hydroxyl groups excluding tert-OH is 1. The van der Waals surface area contributed by atoms with Gasteiger partial charge in [-0.05, 0) is 68.6 Å². The van der Waals surface area contributed by atoms with Crippen molar-refractivity contribution in [2.45, 2.75) is 65.0 Å². The number of ketones is 2. The molecule has 5 rings (SSSR count). The van der Waals surface area contributed by atoms with Crippen LogP contribution in [0.25, 0.3) is 6.08 Å². The Morgan fingerprint density at radius 3 is 2.53 bits per heavy atom. The van der Waals surface area contributed by atoms with E-state index in [4.69, 9.17) is 9.07 Å². The Hall–Kier alpha value is -2.74. The number of carbonyl (C=O) groups is 2. The van der Waals surface area contributed by atoms with Gasteiger partial charge < -0.3 is 19.2 Å². The van der Waals surface area contributed by atoms with E-state index in [1.165, 1.54) is 5.57 Å². The van der Waals surface area contributed by atoms with Crippen molar-refractivity contribution in [3.8, 4) is 0 Å². The lowest BCUT2D eigenvalue weighted by atomic mass is 9.54. The SMILES string of the molecule is CCC/C(=C\c1ccc(CO)o1)CC[C@H]1OB(O)C[C@H]2C1=C(C)C[C@H]1C(=O)c3ccccc3C(=O)[C@H]12. The van der Waals surface area contributed by atoms with Gasteiger partial charge in [-0.15, -0.1) is 0 Å². The summed E-state index contributed by atoms with van der Waals surface area (Å²) in [6.45, 7) is 4.05. The highest BCUT2D eigenvalue weighted by Crippen LogP contribution is 2.50. The van der Waals surface area contributed by atoms with E-state index in [-0.39, 0.29) is 36.1 Å². The zero-order valence-electron chi connectivity index (χ0n) is 20.9. The molecule has 2 aliphatic carbocycles. The van der Waals surface area contributed by atoms with Crippen LogP contribution in [0.15, 0.2) is 57.5 Å². The third-order valence-electron chi connectivity index (χ3n) is 7.99. The molecule has 2 aromatic rings. The van der Waals surface area contributed by atoms with Gasteiger partial charge in [0.1, 0.15) is 18.1 Å². The van der Waals surface area contributed by atoms with Gasteiger partial charge >= 0.3 is 7.12 Å². The summed E-state index contributed by atoms with van der Waals surface area (Å²) in [6, 6.07) is 10.8. The molecule has 1 aliphatic heterocycles. The highest BCUT2D eigenvalue weighted by atomic mass is 16.5. The van der Waals surface area contributed by atoms with E-state index in [1.807, 2.05) is 25.1 Å². The van der Waals surface area contributed by atoms with Gasteiger partial charge in [-0.3, -0.25) is 9.59 Å². The number of aliphatic hydroxyl groups is 1. The molecule has 0 unspecified atom stereocenters. The van der Waals surface area contributed by atoms with E-state index in [0.29, 0.717) is 41.8 Å². The third kappa shape index (κ3) is 4.56. The van der Waals surface area contributed by atoms with Gasteiger partial charge in [-0.1, -0.05) is 48.8 Å². The van der Waals surface area contributed by atoms with Crippen LogP contribution in [0.3, 0.4) is 0 Å². The number of furan rings is 1. The van der Waals surface area contributed by atoms with Crippen LogP contribution >= 0.6 is 0 Å². The van der Waals surface area contributed by atoms with Gasteiger partial charge in [0.15, 0.2) is 11.6 Å². The summed E-state index contributed by atoms with van der Waals surface area (Å²) in [5.74, 6) is 0.288. The predicted molar refractivity (Wildman–Crippen MR) is 137 cm³/mol. The fourth-order valence-corrected chi connectivity index (χ4v) is 6.49. The molecule has 4 atom stereocenters. The van der Waals surface area contributed by atoms with Gasteiger partial charge in [0.2, 0.25) is 0 Å². The molecular formula is C29H33BO6. The number of rotatable bonds is 7. The van der Waals surface area contributed by atoms with Crippen molar-refractivity contribution < 1.29 is 28.8 Å². The number of allylic oxidation sites excluding steroid dienone is 2. The molecule has 0 radical (unpaired) electrons. The van der Waals surface area contributed by atoms with Crippen molar-refractivity contribution in [3.63, 3.8) is 0 Å². The molecule has 0 saturated carbocycles. The molecular weight excluding hydrogens is 455 g/mol. The molecule has 0 bridgehead atoms. The quantitative estimate of drug-likeness (QED) is 0.408. The number of hydrogen-bond donors (Lipinski definition) is 2. The van der Waals surface area contributed by atoms with Crippen molar-refractivity contribution in [1.29, 1.82) is 0 Å². The first-order chi connectivity index (χ1) is 17.4. The fraction of sp³-hybridized carbons (Fsp3) is 0.448. The largest absolute Gasteiger partial charge is 0.459 e. The van der Waals surface area contributed by atoms with E-state index in [0.717, 1.165) is 30.4 Å². The lowest BCUT2D eigenvalue weighted by molar-refractivity contribution is 0.0601. The van der Waals surface area contributed by atoms with E-state index < -0.39 is 13.0 Å². The van der Waals surface area contributed by atoms with Crippen LogP contribution in [0.2, 0.25) is 6.32 Å². The monoisotopic (exact) mass is 488 g/mol. The molecule has 1 aromatic heterocycles. The minimum atomic E-state index is -0.967. The average molecular weight is 488 g/mol. The van der Waals surface area contributed by atoms with Crippen molar-refractivity contribution in [2.24, 2.45) is 17.8 Å². The van der Waals surface area contributed by atoms with Crippen LogP contribution in [-0.4, -0.2) is 34.9 Å². The number of fused-ring (bicyclic) bond motifs is 4. The topological polar surface area (TPSA) is 97.0 Å². The maximum atomic E-state index is 13.6. The molecule has 2 heterocycles. The maximum Gasteiger partial charge on any atom is 0.455 e. The smallest absolute Gasteiger partial charge is 0.455 e. The molecule has 1 fully saturated rings. The highest BCUT2D eigenvalue weighted by molar-refractivity contribution is 6.43. The normalized spacial score (nSPS) is 26.1. The van der Waals surface area contributed by atoms with Gasteiger partial charge in [0.25, 0.3) is 0 Å². The summed E-state index contributed by atoms with van der Waals surface area (Å²) in [4.78, 5) is 27.0. The zero-order chi connectivity index (χ0) is 25.4. The van der Waals surface area contributed by atoms with Crippen molar-refractivity contribution in [2.75, 3.05) is 0 Å². The Kier molecular flexibility index (Phi) is 7.15. The first-order valence-electron chi connectivity index (χ1n) is 13.0. The van der Waals surface area contributed by atoms with Gasteiger partial charge in [0, 0.05) is 23.0 Å². The average Bonchev–Trinajstić information content (AvgIpc) is 3.33. The van der Waals surface area contributed by atoms with Crippen LogP contribution in [0.1, 0.15) is 78.2 Å². The number of benzene rings is 1. The molecule has 1 saturated heterocycles. The summed E-state index contributed by atoms with van der Waals surface area (Å²) in [5, 5.41) is 20.0. The molecule has 3 aliphatic rings. The minimum Gasteiger partial charge on any atom is -0.459 e. The van der Waals surface area contributed by atoms with E-state index in [2.05, 4.69) is 6.92 Å². The van der Waals surface area contributed by atoms with E-state index >= 15 is 0 Å². The van der Waals surface area contributed by atoms with Crippen molar-refractivity contribution >= 4 is 24.8 Å². The summed E-state index contributed by atoms with van der Waals surface area (Å²) in [7, 11) is -0.967. The first kappa shape index (κ1) is 24.9. The summed E-state index contributed by atoms with van der Waals surface area (Å²) in [5.41, 5.74) is 4.45. The number of Topliss-reactive ketones (excluding diaryl/α,β-unsaturated/α-hetero) is 2. The molecule has 2 N–H and O–H groups in total. The van der Waals surface area contributed by atoms with Crippen LogP contribution in [-0.2, 0) is 11.3 Å². The zero-order valence-corrected chi connectivity index (χ0v) is 20.9. The molecule has 1 aromatic carbocycles. The van der Waals surface area contributed by atoms with Crippen LogP contribution in [0.5, 0.6) is 0 Å². The van der Waals surface area contributed by atoms with Gasteiger partial charge in [-0.25, -0.2) is 0 Å². The van der Waals surface area contributed by atoms with Crippen LogP contribution in [0, 0.1) is 17.8 Å². The second-order valence-corrected chi connectivity index (χ2v) is 10.3. The second kappa shape index (κ2) is 10.3. The fourth-order valence-electron chi connectivity index (χ4n) is 6.49. The molecule has 7 heteroatoms. The predicted octanol–water partition coefficient (Wildman–Crippen LogP) is 5.26. The Balaban J connectivity index is 1.41. The van der Waals surface area contributed by atoms with Gasteiger partial charge in [0.05, 0.1) is 6.10 Å². The Labute approximate surface area is 212 Å². The van der Waals surface area contributed by atoms with Crippen LogP contribution < -0.4 is 0 Å². The Morgan fingerprint density at radius 2 is 1.83 bits per heavy atom. The third-order valence-corrected chi connectivity index (χ3v) is 7.99.